The molecule has 0 aliphatic heterocycles. The summed E-state index contributed by atoms with van der Waals surface area (Å²) in [5, 5.41) is 7.40. The van der Waals surface area contributed by atoms with E-state index in [0.717, 1.165) is 55.8 Å². The molecule has 4 heteroatoms. The predicted molar refractivity (Wildman–Crippen MR) is 247 cm³/mol. The lowest BCUT2D eigenvalue weighted by Gasteiger charge is -2.26. The number of nitrogens with zero attached hydrogens (tertiary/aromatic N) is 2. The van der Waals surface area contributed by atoms with Crippen LogP contribution < -0.4 is 4.90 Å². The SMILES string of the molecule is c1cc(-c2cccc3c2sc2ccccc23)cc(N(c2ccc(-c3ccc4oc5ccccc5c4c3)cc2)c2ccc(-n3c4ccccc4c4ccccc43)cc2)c1. The first-order valence-electron chi connectivity index (χ1n) is 19.7. The number of para-hydroxylation sites is 3. The molecule has 0 unspecified atom stereocenters. The number of hydrogen-bond donors (Lipinski definition) is 0. The van der Waals surface area contributed by atoms with Crippen molar-refractivity contribution in [1.82, 2.24) is 4.57 Å². The molecule has 3 aromatic heterocycles. The van der Waals surface area contributed by atoms with Gasteiger partial charge in [0.05, 0.1) is 11.0 Å². The van der Waals surface area contributed by atoms with Crippen LogP contribution in [0, 0.1) is 0 Å². The molecule has 0 aliphatic rings. The van der Waals surface area contributed by atoms with Crippen LogP contribution in [0.2, 0.25) is 0 Å². The lowest BCUT2D eigenvalue weighted by Crippen LogP contribution is -2.10. The summed E-state index contributed by atoms with van der Waals surface area (Å²) < 4.78 is 11.1. The largest absolute Gasteiger partial charge is 0.456 e. The minimum Gasteiger partial charge on any atom is -0.456 e. The van der Waals surface area contributed by atoms with Crippen molar-refractivity contribution in [2.75, 3.05) is 4.90 Å². The van der Waals surface area contributed by atoms with Gasteiger partial charge >= 0.3 is 0 Å². The number of furan rings is 1. The zero-order valence-electron chi connectivity index (χ0n) is 31.3. The maximum Gasteiger partial charge on any atom is 0.135 e. The van der Waals surface area contributed by atoms with E-state index in [9.17, 15) is 0 Å². The van der Waals surface area contributed by atoms with Gasteiger partial charge in [0.25, 0.3) is 0 Å². The van der Waals surface area contributed by atoms with Crippen molar-refractivity contribution in [1.29, 1.82) is 0 Å². The first-order chi connectivity index (χ1) is 28.7. The standard InChI is InChI=1S/C54H34N2OS/c1-5-19-49-43(13-1)44-14-2-6-20-50(44)56(49)40-30-28-39(29-31-40)55(38-26-23-35(24-27-38)36-25-32-52-48(34-36)45-15-3-7-21-51(45)57-52)41-12-9-11-37(33-41)42-17-10-18-47-46-16-4-8-22-53(46)58-54(42)47/h1-34H. The Morgan fingerprint density at radius 1 is 0.379 bits per heavy atom. The fraction of sp³-hybridized carbons (Fsp3) is 0. The average molecular weight is 759 g/mol. The van der Waals surface area contributed by atoms with Gasteiger partial charge in [-0.25, -0.2) is 0 Å². The van der Waals surface area contributed by atoms with Crippen LogP contribution in [0.4, 0.5) is 17.1 Å². The summed E-state index contributed by atoms with van der Waals surface area (Å²) in [6.07, 6.45) is 0. The van der Waals surface area contributed by atoms with Crippen molar-refractivity contribution in [2.45, 2.75) is 0 Å². The number of thiophene rings is 1. The number of aromatic nitrogens is 1. The average Bonchev–Trinajstić information content (AvgIpc) is 3.97. The van der Waals surface area contributed by atoms with E-state index in [2.05, 4.69) is 204 Å². The third-order valence-corrected chi connectivity index (χ3v) is 12.8. The van der Waals surface area contributed by atoms with Gasteiger partial charge in [0.15, 0.2) is 0 Å². The van der Waals surface area contributed by atoms with Gasteiger partial charge in [0.2, 0.25) is 0 Å². The Morgan fingerprint density at radius 3 is 1.76 bits per heavy atom. The van der Waals surface area contributed by atoms with Crippen molar-refractivity contribution in [2.24, 2.45) is 0 Å². The van der Waals surface area contributed by atoms with Crippen molar-refractivity contribution in [3.8, 4) is 27.9 Å². The third-order valence-electron chi connectivity index (χ3n) is 11.6. The molecule has 272 valence electrons. The van der Waals surface area contributed by atoms with E-state index in [-0.39, 0.29) is 0 Å². The van der Waals surface area contributed by atoms with E-state index in [1.54, 1.807) is 0 Å². The summed E-state index contributed by atoms with van der Waals surface area (Å²) in [6.45, 7) is 0. The fourth-order valence-electron chi connectivity index (χ4n) is 8.89. The van der Waals surface area contributed by atoms with Crippen LogP contribution in [-0.2, 0) is 0 Å². The number of anilines is 3. The Kier molecular flexibility index (Phi) is 7.40. The van der Waals surface area contributed by atoms with E-state index < -0.39 is 0 Å². The zero-order valence-corrected chi connectivity index (χ0v) is 32.2. The highest BCUT2D eigenvalue weighted by Gasteiger charge is 2.18. The molecule has 0 amide bonds. The highest BCUT2D eigenvalue weighted by molar-refractivity contribution is 7.26. The minimum absolute atomic E-state index is 0.906. The summed E-state index contributed by atoms with van der Waals surface area (Å²) in [7, 11) is 0. The molecule has 0 atom stereocenters. The van der Waals surface area contributed by atoms with Gasteiger partial charge < -0.3 is 13.9 Å². The summed E-state index contributed by atoms with van der Waals surface area (Å²) in [5.41, 5.74) is 13.4. The van der Waals surface area contributed by atoms with Gasteiger partial charge in [0, 0.05) is 64.5 Å². The Morgan fingerprint density at radius 2 is 0.983 bits per heavy atom. The molecule has 0 aliphatic carbocycles. The van der Waals surface area contributed by atoms with Gasteiger partial charge in [-0.05, 0) is 107 Å². The first-order valence-corrected chi connectivity index (χ1v) is 20.5. The lowest BCUT2D eigenvalue weighted by atomic mass is 10.0. The Bertz CT molecular complexity index is 3460. The molecule has 0 saturated heterocycles. The topological polar surface area (TPSA) is 21.3 Å². The quantitative estimate of drug-likeness (QED) is 0.168. The molecular formula is C54H34N2OS. The summed E-state index contributed by atoms with van der Waals surface area (Å²) in [5.74, 6) is 0. The number of rotatable bonds is 6. The Hall–Kier alpha value is -7.40. The van der Waals surface area contributed by atoms with Crippen LogP contribution in [0.5, 0.6) is 0 Å². The molecule has 0 radical (unpaired) electrons. The highest BCUT2D eigenvalue weighted by Crippen LogP contribution is 2.43. The van der Waals surface area contributed by atoms with E-state index in [1.807, 2.05) is 23.5 Å². The molecule has 0 bridgehead atoms. The van der Waals surface area contributed by atoms with Gasteiger partial charge in [0.1, 0.15) is 11.2 Å². The van der Waals surface area contributed by atoms with Crippen molar-refractivity contribution < 1.29 is 4.42 Å². The predicted octanol–water partition coefficient (Wildman–Crippen LogP) is 15.9. The second kappa shape index (κ2) is 13.1. The smallest absolute Gasteiger partial charge is 0.135 e. The molecule has 0 N–H and O–H groups in total. The summed E-state index contributed by atoms with van der Waals surface area (Å²) in [4.78, 5) is 2.38. The van der Waals surface area contributed by atoms with Crippen LogP contribution in [-0.4, -0.2) is 4.57 Å². The summed E-state index contributed by atoms with van der Waals surface area (Å²) >= 11 is 1.87. The molecule has 12 rings (SSSR count). The van der Waals surface area contributed by atoms with Gasteiger partial charge in [-0.2, -0.15) is 0 Å². The Labute approximate surface area is 338 Å². The maximum absolute atomic E-state index is 6.14. The molecule has 3 heterocycles. The molecule has 58 heavy (non-hydrogen) atoms. The molecule has 0 saturated carbocycles. The number of hydrogen-bond acceptors (Lipinski definition) is 3. The van der Waals surface area contributed by atoms with Crippen LogP contribution in [0.1, 0.15) is 0 Å². The fourth-order valence-corrected chi connectivity index (χ4v) is 10.1. The molecule has 3 nitrogen and oxygen atoms in total. The third kappa shape index (κ3) is 5.19. The van der Waals surface area contributed by atoms with E-state index >= 15 is 0 Å². The monoisotopic (exact) mass is 758 g/mol. The second-order valence-corrected chi connectivity index (χ2v) is 16.0. The van der Waals surface area contributed by atoms with Crippen LogP contribution in [0.25, 0.3) is 91.9 Å². The van der Waals surface area contributed by atoms with Crippen molar-refractivity contribution >= 4 is 92.3 Å². The summed E-state index contributed by atoms with van der Waals surface area (Å²) in [6, 6.07) is 74.5. The normalized spacial score (nSPS) is 11.8. The highest BCUT2D eigenvalue weighted by atomic mass is 32.1. The Balaban J connectivity index is 0.988. The maximum atomic E-state index is 6.14. The van der Waals surface area contributed by atoms with Crippen LogP contribution in [0.3, 0.4) is 0 Å². The molecule has 12 aromatic rings. The van der Waals surface area contributed by atoms with Crippen molar-refractivity contribution in [3.05, 3.63) is 206 Å². The lowest BCUT2D eigenvalue weighted by molar-refractivity contribution is 0.669. The molecule has 9 aromatic carbocycles. The minimum atomic E-state index is 0.906. The van der Waals surface area contributed by atoms with Crippen LogP contribution >= 0.6 is 11.3 Å². The van der Waals surface area contributed by atoms with Crippen LogP contribution in [0.15, 0.2) is 211 Å². The van der Waals surface area contributed by atoms with Crippen molar-refractivity contribution in [3.63, 3.8) is 0 Å². The van der Waals surface area contributed by atoms with Gasteiger partial charge in [-0.3, -0.25) is 0 Å². The number of benzene rings is 9. The van der Waals surface area contributed by atoms with Gasteiger partial charge in [-0.1, -0.05) is 121 Å². The van der Waals surface area contributed by atoms with E-state index in [4.69, 9.17) is 4.42 Å². The second-order valence-electron chi connectivity index (χ2n) is 14.9. The van der Waals surface area contributed by atoms with E-state index in [1.165, 1.54) is 53.1 Å². The van der Waals surface area contributed by atoms with Gasteiger partial charge in [-0.15, -0.1) is 11.3 Å². The first kappa shape index (κ1) is 32.8. The van der Waals surface area contributed by atoms with E-state index in [0.29, 0.717) is 0 Å². The molecule has 0 spiro atoms. The molecular weight excluding hydrogens is 725 g/mol. The zero-order chi connectivity index (χ0) is 38.2. The molecule has 0 fully saturated rings. The number of fused-ring (bicyclic) bond motifs is 9.